The van der Waals surface area contributed by atoms with Crippen molar-refractivity contribution in [3.63, 3.8) is 0 Å². The molecule has 1 N–H and O–H groups in total. The fraction of sp³-hybridized carbons (Fsp3) is 0.111. The number of benzene rings is 3. The van der Waals surface area contributed by atoms with E-state index < -0.39 is 0 Å². The Hall–Kier alpha value is -2.03. The molecule has 0 aliphatic carbocycles. The highest BCUT2D eigenvalue weighted by Crippen LogP contribution is 2.33. The zero-order chi connectivity index (χ0) is 14.7. The fourth-order valence-corrected chi connectivity index (χ4v) is 2.53. The van der Waals surface area contributed by atoms with Crippen molar-refractivity contribution in [3.8, 4) is 11.5 Å². The highest BCUT2D eigenvalue weighted by Gasteiger charge is 2.08. The second kappa shape index (κ2) is 6.17. The Morgan fingerprint density at radius 1 is 0.952 bits per heavy atom. The van der Waals surface area contributed by atoms with Crippen molar-refractivity contribution >= 4 is 22.4 Å². The van der Waals surface area contributed by atoms with Gasteiger partial charge in [-0.25, -0.2) is 0 Å². The molecule has 0 atom stereocenters. The number of rotatable bonds is 4. The van der Waals surface area contributed by atoms with Crippen molar-refractivity contribution < 1.29 is 4.74 Å². The lowest BCUT2D eigenvalue weighted by molar-refractivity contribution is 0.480. The third kappa shape index (κ3) is 3.02. The molecule has 0 bridgehead atoms. The lowest BCUT2D eigenvalue weighted by Gasteiger charge is -2.13. The van der Waals surface area contributed by atoms with Crippen LogP contribution in [0.2, 0.25) is 5.02 Å². The molecule has 3 aromatic rings. The van der Waals surface area contributed by atoms with Crippen LogP contribution in [-0.2, 0) is 6.54 Å². The maximum atomic E-state index is 6.13. The number of hydrogen-bond acceptors (Lipinski definition) is 2. The maximum Gasteiger partial charge on any atom is 0.135 e. The van der Waals surface area contributed by atoms with Gasteiger partial charge in [0.1, 0.15) is 11.5 Å². The third-order valence-corrected chi connectivity index (χ3v) is 3.60. The lowest BCUT2D eigenvalue weighted by Crippen LogP contribution is -2.06. The maximum absolute atomic E-state index is 6.13. The largest absolute Gasteiger partial charge is 0.456 e. The summed E-state index contributed by atoms with van der Waals surface area (Å²) < 4.78 is 6.13. The molecular weight excluding hydrogens is 282 g/mol. The molecule has 0 amide bonds. The molecule has 2 nitrogen and oxygen atoms in total. The first-order valence-electron chi connectivity index (χ1n) is 6.86. The fourth-order valence-electron chi connectivity index (χ4n) is 2.36. The summed E-state index contributed by atoms with van der Waals surface area (Å²) in [4.78, 5) is 0. The average molecular weight is 298 g/mol. The van der Waals surface area contributed by atoms with Crippen molar-refractivity contribution in [2.45, 2.75) is 6.54 Å². The van der Waals surface area contributed by atoms with E-state index >= 15 is 0 Å². The summed E-state index contributed by atoms with van der Waals surface area (Å²) in [7, 11) is 1.91. The minimum Gasteiger partial charge on any atom is -0.456 e. The Balaban J connectivity index is 2.04. The summed E-state index contributed by atoms with van der Waals surface area (Å²) in [6, 6.07) is 20.0. The number of hydrogen-bond donors (Lipinski definition) is 1. The van der Waals surface area contributed by atoms with E-state index in [0.717, 1.165) is 34.4 Å². The standard InChI is InChI=1S/C18H16ClNO/c1-20-12-14-9-10-15(19)11-18(14)21-17-8-4-6-13-5-2-3-7-16(13)17/h2-11,20H,12H2,1H3. The Labute approximate surface area is 129 Å². The molecule has 3 rings (SSSR count). The van der Waals surface area contributed by atoms with E-state index in [9.17, 15) is 0 Å². The van der Waals surface area contributed by atoms with Crippen LogP contribution in [0.1, 0.15) is 5.56 Å². The van der Waals surface area contributed by atoms with E-state index in [1.54, 1.807) is 0 Å². The van der Waals surface area contributed by atoms with Crippen molar-refractivity contribution in [2.24, 2.45) is 0 Å². The normalized spacial score (nSPS) is 10.8. The topological polar surface area (TPSA) is 21.3 Å². The van der Waals surface area contributed by atoms with Crippen LogP contribution in [0.5, 0.6) is 11.5 Å². The number of halogens is 1. The number of fused-ring (bicyclic) bond motifs is 1. The van der Waals surface area contributed by atoms with Crippen molar-refractivity contribution in [3.05, 3.63) is 71.2 Å². The van der Waals surface area contributed by atoms with Gasteiger partial charge in [-0.15, -0.1) is 0 Å². The summed E-state index contributed by atoms with van der Waals surface area (Å²) in [5.41, 5.74) is 1.08. The summed E-state index contributed by atoms with van der Waals surface area (Å²) in [5, 5.41) is 6.07. The molecule has 0 heterocycles. The molecule has 0 aliphatic heterocycles. The van der Waals surface area contributed by atoms with Gasteiger partial charge >= 0.3 is 0 Å². The van der Waals surface area contributed by atoms with Crippen molar-refractivity contribution in [2.75, 3.05) is 7.05 Å². The van der Waals surface area contributed by atoms with Crippen LogP contribution in [0.3, 0.4) is 0 Å². The van der Waals surface area contributed by atoms with Crippen molar-refractivity contribution in [1.82, 2.24) is 5.32 Å². The minimum absolute atomic E-state index is 0.671. The van der Waals surface area contributed by atoms with E-state index in [2.05, 4.69) is 23.5 Å². The van der Waals surface area contributed by atoms with E-state index in [0.29, 0.717) is 5.02 Å². The molecule has 21 heavy (non-hydrogen) atoms. The predicted molar refractivity (Wildman–Crippen MR) is 88.2 cm³/mol. The Kier molecular flexibility index (Phi) is 4.09. The highest BCUT2D eigenvalue weighted by atomic mass is 35.5. The van der Waals surface area contributed by atoms with E-state index in [4.69, 9.17) is 16.3 Å². The number of ether oxygens (including phenoxy) is 1. The molecule has 0 saturated carbocycles. The van der Waals surface area contributed by atoms with Gasteiger partial charge < -0.3 is 10.1 Å². The van der Waals surface area contributed by atoms with Crippen LogP contribution >= 0.6 is 11.6 Å². The average Bonchev–Trinajstić information content (AvgIpc) is 2.50. The molecule has 0 spiro atoms. The minimum atomic E-state index is 0.671. The van der Waals surface area contributed by atoms with Gasteiger partial charge in [-0.1, -0.05) is 54.1 Å². The van der Waals surface area contributed by atoms with Gasteiger partial charge in [0.15, 0.2) is 0 Å². The van der Waals surface area contributed by atoms with Gasteiger partial charge in [-0.05, 0) is 30.6 Å². The first kappa shape index (κ1) is 13.9. The summed E-state index contributed by atoms with van der Waals surface area (Å²) in [5.74, 6) is 1.63. The van der Waals surface area contributed by atoms with Crippen LogP contribution in [-0.4, -0.2) is 7.05 Å². The quantitative estimate of drug-likeness (QED) is 0.731. The summed E-state index contributed by atoms with van der Waals surface area (Å²) in [6.07, 6.45) is 0. The molecule has 106 valence electrons. The Morgan fingerprint density at radius 2 is 1.76 bits per heavy atom. The second-order valence-corrected chi connectivity index (χ2v) is 5.30. The van der Waals surface area contributed by atoms with Gasteiger partial charge in [0, 0.05) is 22.5 Å². The van der Waals surface area contributed by atoms with Crippen LogP contribution < -0.4 is 10.1 Å². The predicted octanol–water partition coefficient (Wildman–Crippen LogP) is 5.00. The lowest BCUT2D eigenvalue weighted by atomic mass is 10.1. The van der Waals surface area contributed by atoms with Crippen LogP contribution in [0.4, 0.5) is 0 Å². The molecule has 0 radical (unpaired) electrons. The Morgan fingerprint density at radius 3 is 2.62 bits per heavy atom. The monoisotopic (exact) mass is 297 g/mol. The van der Waals surface area contributed by atoms with Crippen LogP contribution in [0, 0.1) is 0 Å². The SMILES string of the molecule is CNCc1ccc(Cl)cc1Oc1cccc2ccccc12. The first-order chi connectivity index (χ1) is 10.3. The summed E-state index contributed by atoms with van der Waals surface area (Å²) in [6.45, 7) is 0.733. The number of nitrogens with one attached hydrogen (secondary N) is 1. The van der Waals surface area contributed by atoms with Crippen LogP contribution in [0.25, 0.3) is 10.8 Å². The smallest absolute Gasteiger partial charge is 0.135 e. The van der Waals surface area contributed by atoms with Gasteiger partial charge in [0.05, 0.1) is 0 Å². The molecule has 0 fully saturated rings. The molecule has 0 saturated heterocycles. The molecular formula is C18H16ClNO. The van der Waals surface area contributed by atoms with Gasteiger partial charge in [0.25, 0.3) is 0 Å². The zero-order valence-corrected chi connectivity index (χ0v) is 12.5. The van der Waals surface area contributed by atoms with Gasteiger partial charge in [-0.2, -0.15) is 0 Å². The molecule has 0 aromatic heterocycles. The first-order valence-corrected chi connectivity index (χ1v) is 7.24. The van der Waals surface area contributed by atoms with Crippen molar-refractivity contribution in [1.29, 1.82) is 0 Å². The highest BCUT2D eigenvalue weighted by molar-refractivity contribution is 6.30. The second-order valence-electron chi connectivity index (χ2n) is 4.86. The Bertz CT molecular complexity index is 765. The molecule has 3 aromatic carbocycles. The molecule has 3 heteroatoms. The summed E-state index contributed by atoms with van der Waals surface area (Å²) >= 11 is 6.10. The molecule has 0 unspecified atom stereocenters. The van der Waals surface area contributed by atoms with E-state index in [1.807, 2.05) is 49.5 Å². The van der Waals surface area contributed by atoms with Crippen LogP contribution in [0.15, 0.2) is 60.7 Å². The van der Waals surface area contributed by atoms with Gasteiger partial charge in [0.2, 0.25) is 0 Å². The molecule has 0 aliphatic rings. The van der Waals surface area contributed by atoms with E-state index in [-0.39, 0.29) is 0 Å². The van der Waals surface area contributed by atoms with E-state index in [1.165, 1.54) is 0 Å². The third-order valence-electron chi connectivity index (χ3n) is 3.37. The zero-order valence-electron chi connectivity index (χ0n) is 11.8. The van der Waals surface area contributed by atoms with Gasteiger partial charge in [-0.3, -0.25) is 0 Å².